The quantitative estimate of drug-likeness (QED) is 0.706. The lowest BCUT2D eigenvalue weighted by Gasteiger charge is -1.99. The molecule has 0 fully saturated rings. The highest BCUT2D eigenvalue weighted by Crippen LogP contribution is 2.23. The maximum atomic E-state index is 10.7. The minimum absolute atomic E-state index is 0.0724. The summed E-state index contributed by atoms with van der Waals surface area (Å²) in [6.07, 6.45) is 8.04. The fourth-order valence-electron chi connectivity index (χ4n) is 1.64. The second-order valence-corrected chi connectivity index (χ2v) is 3.72. The van der Waals surface area contributed by atoms with E-state index >= 15 is 0 Å². The van der Waals surface area contributed by atoms with Gasteiger partial charge in [-0.15, -0.1) is 0 Å². The van der Waals surface area contributed by atoms with Crippen LogP contribution in [-0.4, -0.2) is 22.9 Å². The van der Waals surface area contributed by atoms with Gasteiger partial charge in [0.25, 0.3) is 0 Å². The van der Waals surface area contributed by atoms with Gasteiger partial charge in [-0.25, -0.2) is 4.79 Å². The number of aromatic carboxylic acids is 1. The van der Waals surface area contributed by atoms with Crippen molar-refractivity contribution < 1.29 is 19.4 Å². The third-order valence-corrected chi connectivity index (χ3v) is 2.52. The Bertz CT molecular complexity index is 537. The number of carboxylic acids is 1. The van der Waals surface area contributed by atoms with Gasteiger partial charge in [-0.3, -0.25) is 0 Å². The Morgan fingerprint density at radius 2 is 2.22 bits per heavy atom. The van der Waals surface area contributed by atoms with Gasteiger partial charge in [-0.1, -0.05) is 12.2 Å². The molecule has 1 aliphatic carbocycles. The standard InChI is InChI=1S/C13H13NO4/c15-8-14-10-3-1-2-9(4-5-10)11-6-7-12(18-11)13(16)17/h1,3-7,14-15H,2,8H2,(H,16,17). The lowest BCUT2D eigenvalue weighted by Crippen LogP contribution is -2.11. The number of rotatable bonds is 4. The van der Waals surface area contributed by atoms with E-state index in [0.717, 1.165) is 11.3 Å². The minimum Gasteiger partial charge on any atom is -0.475 e. The van der Waals surface area contributed by atoms with Crippen LogP contribution in [-0.2, 0) is 0 Å². The SMILES string of the molecule is O=C(O)c1ccc(C2=CC=C(NCO)C=CC2)o1. The molecule has 0 radical (unpaired) electrons. The van der Waals surface area contributed by atoms with Crippen LogP contribution in [0.25, 0.3) is 5.57 Å². The Kier molecular flexibility index (Phi) is 3.64. The molecule has 0 aromatic carbocycles. The number of hydrogen-bond acceptors (Lipinski definition) is 4. The normalized spacial score (nSPS) is 14.7. The highest BCUT2D eigenvalue weighted by molar-refractivity contribution is 5.85. The molecule has 3 N–H and O–H groups in total. The molecule has 94 valence electrons. The molecule has 1 heterocycles. The highest BCUT2D eigenvalue weighted by atomic mass is 16.4. The smallest absolute Gasteiger partial charge is 0.371 e. The zero-order chi connectivity index (χ0) is 13.0. The Morgan fingerprint density at radius 1 is 1.39 bits per heavy atom. The lowest BCUT2D eigenvalue weighted by atomic mass is 10.1. The number of aliphatic hydroxyl groups excluding tert-OH is 1. The summed E-state index contributed by atoms with van der Waals surface area (Å²) in [5.74, 6) is -0.612. The number of carbonyl (C=O) groups is 1. The van der Waals surface area contributed by atoms with Crippen molar-refractivity contribution in [1.82, 2.24) is 5.32 Å². The molecule has 2 rings (SSSR count). The van der Waals surface area contributed by atoms with Gasteiger partial charge in [0.2, 0.25) is 5.76 Å². The third kappa shape index (κ3) is 2.70. The van der Waals surface area contributed by atoms with E-state index in [4.69, 9.17) is 14.6 Å². The zero-order valence-corrected chi connectivity index (χ0v) is 9.59. The van der Waals surface area contributed by atoms with E-state index in [-0.39, 0.29) is 12.5 Å². The van der Waals surface area contributed by atoms with E-state index < -0.39 is 5.97 Å². The van der Waals surface area contributed by atoms with Gasteiger partial charge in [0, 0.05) is 5.70 Å². The first kappa shape index (κ1) is 12.2. The summed E-state index contributed by atoms with van der Waals surface area (Å²) in [5.41, 5.74) is 1.67. The van der Waals surface area contributed by atoms with Gasteiger partial charge < -0.3 is 19.9 Å². The van der Waals surface area contributed by atoms with Crippen molar-refractivity contribution in [3.05, 3.63) is 53.7 Å². The fraction of sp³-hybridized carbons (Fsp3) is 0.154. The van der Waals surface area contributed by atoms with Crippen molar-refractivity contribution in [3.63, 3.8) is 0 Å². The van der Waals surface area contributed by atoms with Gasteiger partial charge >= 0.3 is 5.97 Å². The monoisotopic (exact) mass is 247 g/mol. The largest absolute Gasteiger partial charge is 0.475 e. The molecule has 0 saturated carbocycles. The van der Waals surface area contributed by atoms with Crippen molar-refractivity contribution in [2.45, 2.75) is 6.42 Å². The predicted octanol–water partition coefficient (Wildman–Crippen LogP) is 1.74. The second kappa shape index (κ2) is 5.37. The topological polar surface area (TPSA) is 82.7 Å². The molecule has 0 bridgehead atoms. The lowest BCUT2D eigenvalue weighted by molar-refractivity contribution is 0.0662. The van der Waals surface area contributed by atoms with Crippen LogP contribution in [0, 0.1) is 0 Å². The predicted molar refractivity (Wildman–Crippen MR) is 65.7 cm³/mol. The van der Waals surface area contributed by atoms with Crippen molar-refractivity contribution in [2.24, 2.45) is 0 Å². The summed E-state index contributed by atoms with van der Waals surface area (Å²) >= 11 is 0. The number of allylic oxidation sites excluding steroid dienone is 5. The van der Waals surface area contributed by atoms with E-state index in [9.17, 15) is 4.79 Å². The molecule has 5 heteroatoms. The average Bonchev–Trinajstić information content (AvgIpc) is 2.72. The molecule has 1 aromatic heterocycles. The third-order valence-electron chi connectivity index (χ3n) is 2.52. The molecular weight excluding hydrogens is 234 g/mol. The van der Waals surface area contributed by atoms with Gasteiger partial charge in [-0.05, 0) is 36.3 Å². The van der Waals surface area contributed by atoms with Gasteiger partial charge in [0.15, 0.2) is 0 Å². The van der Waals surface area contributed by atoms with Crippen molar-refractivity contribution in [1.29, 1.82) is 0 Å². The van der Waals surface area contributed by atoms with Crippen LogP contribution in [0.2, 0.25) is 0 Å². The summed E-state index contributed by atoms with van der Waals surface area (Å²) in [4.78, 5) is 10.7. The Hall–Kier alpha value is -2.27. The van der Waals surface area contributed by atoms with E-state index in [1.807, 2.05) is 18.2 Å². The molecule has 0 unspecified atom stereocenters. The molecule has 0 saturated heterocycles. The number of carboxylic acid groups (broad SMARTS) is 1. The first-order valence-electron chi connectivity index (χ1n) is 5.46. The van der Waals surface area contributed by atoms with Crippen LogP contribution in [0.3, 0.4) is 0 Å². The molecular formula is C13H13NO4. The number of hydrogen-bond donors (Lipinski definition) is 3. The molecule has 0 spiro atoms. The highest BCUT2D eigenvalue weighted by Gasteiger charge is 2.11. The Balaban J connectivity index is 2.23. The fourth-order valence-corrected chi connectivity index (χ4v) is 1.64. The maximum Gasteiger partial charge on any atom is 0.371 e. The molecule has 0 amide bonds. The molecule has 1 aliphatic rings. The summed E-state index contributed by atoms with van der Waals surface area (Å²) in [5, 5.41) is 20.3. The number of aliphatic hydroxyl groups is 1. The number of furan rings is 1. The molecule has 18 heavy (non-hydrogen) atoms. The van der Waals surface area contributed by atoms with Crippen LogP contribution in [0.4, 0.5) is 0 Å². The minimum atomic E-state index is -1.08. The second-order valence-electron chi connectivity index (χ2n) is 3.72. The van der Waals surface area contributed by atoms with Crippen LogP contribution < -0.4 is 5.32 Å². The Labute approximate surface area is 104 Å². The number of nitrogens with one attached hydrogen (secondary N) is 1. The van der Waals surface area contributed by atoms with E-state index in [1.54, 1.807) is 12.1 Å². The van der Waals surface area contributed by atoms with Crippen molar-refractivity contribution in [2.75, 3.05) is 6.73 Å². The summed E-state index contributed by atoms with van der Waals surface area (Å²) in [6.45, 7) is -0.136. The molecule has 0 atom stereocenters. The average molecular weight is 247 g/mol. The first-order valence-corrected chi connectivity index (χ1v) is 5.46. The van der Waals surface area contributed by atoms with E-state index in [1.165, 1.54) is 6.07 Å². The first-order chi connectivity index (χ1) is 8.70. The molecule has 1 aromatic rings. The van der Waals surface area contributed by atoms with Gasteiger partial charge in [0.1, 0.15) is 12.5 Å². The van der Waals surface area contributed by atoms with Crippen LogP contribution in [0.5, 0.6) is 0 Å². The summed E-state index contributed by atoms with van der Waals surface area (Å²) < 4.78 is 5.23. The van der Waals surface area contributed by atoms with E-state index in [2.05, 4.69) is 5.32 Å². The van der Waals surface area contributed by atoms with E-state index in [0.29, 0.717) is 12.2 Å². The molecule has 5 nitrogen and oxygen atoms in total. The summed E-state index contributed by atoms with van der Waals surface area (Å²) in [6, 6.07) is 3.07. The molecule has 0 aliphatic heterocycles. The zero-order valence-electron chi connectivity index (χ0n) is 9.59. The van der Waals surface area contributed by atoms with Crippen LogP contribution in [0.15, 0.2) is 46.6 Å². The maximum absolute atomic E-state index is 10.7. The van der Waals surface area contributed by atoms with Crippen molar-refractivity contribution >= 4 is 11.5 Å². The van der Waals surface area contributed by atoms with Gasteiger partial charge in [0.05, 0.1) is 0 Å². The van der Waals surface area contributed by atoms with Crippen LogP contribution >= 0.6 is 0 Å². The Morgan fingerprint density at radius 3 is 2.89 bits per heavy atom. The van der Waals surface area contributed by atoms with Gasteiger partial charge in [-0.2, -0.15) is 0 Å². The summed E-state index contributed by atoms with van der Waals surface area (Å²) in [7, 11) is 0. The van der Waals surface area contributed by atoms with Crippen LogP contribution in [0.1, 0.15) is 22.7 Å². The van der Waals surface area contributed by atoms with Crippen molar-refractivity contribution in [3.8, 4) is 0 Å².